The summed E-state index contributed by atoms with van der Waals surface area (Å²) in [7, 11) is 0. The number of carbonyl (C=O) groups is 3. The Labute approximate surface area is 285 Å². The highest BCUT2D eigenvalue weighted by atomic mass is 32.2. The molecule has 1 rings (SSSR count). The monoisotopic (exact) mass is 665 g/mol. The number of hydrogen-bond acceptors (Lipinski definition) is 8. The zero-order chi connectivity index (χ0) is 33.7. The van der Waals surface area contributed by atoms with Gasteiger partial charge in [0.2, 0.25) is 0 Å². The highest BCUT2D eigenvalue weighted by Gasteiger charge is 2.24. The third-order valence-electron chi connectivity index (χ3n) is 8.32. The highest BCUT2D eigenvalue weighted by molar-refractivity contribution is 8.13. The van der Waals surface area contributed by atoms with Gasteiger partial charge in [0.1, 0.15) is 25.8 Å². The zero-order valence-corrected chi connectivity index (χ0v) is 30.6. The van der Waals surface area contributed by atoms with Gasteiger partial charge in [-0.25, -0.2) is 0 Å². The highest BCUT2D eigenvalue weighted by Crippen LogP contribution is 2.18. The fraction of sp³-hybridized carbons (Fsp3) is 0.811. The van der Waals surface area contributed by atoms with Gasteiger partial charge in [-0.1, -0.05) is 122 Å². The lowest BCUT2D eigenvalue weighted by molar-refractivity contribution is -0.151. The van der Waals surface area contributed by atoms with E-state index in [1.54, 1.807) is 0 Å². The fourth-order valence-corrected chi connectivity index (χ4v) is 6.20. The molecule has 1 amide bonds. The average Bonchev–Trinajstić information content (AvgIpc) is 3.45. The molecule has 2 atom stereocenters. The van der Waals surface area contributed by atoms with Gasteiger partial charge in [-0.3, -0.25) is 14.4 Å². The van der Waals surface area contributed by atoms with Crippen LogP contribution >= 0.6 is 11.8 Å². The Balaban J connectivity index is 2.70. The smallest absolute Gasteiger partial charge is 0.326 e. The number of nitrogens with zero attached hydrogens (tertiary/aromatic N) is 2. The van der Waals surface area contributed by atoms with Crippen LogP contribution in [0.25, 0.3) is 0 Å². The van der Waals surface area contributed by atoms with Gasteiger partial charge in [0.05, 0.1) is 6.17 Å². The first-order valence-electron chi connectivity index (χ1n) is 18.5. The zero-order valence-electron chi connectivity index (χ0n) is 29.8. The summed E-state index contributed by atoms with van der Waals surface area (Å²) in [4.78, 5) is 42.6. The van der Waals surface area contributed by atoms with Crippen molar-refractivity contribution in [3.8, 4) is 0 Å². The number of rotatable bonds is 29. The van der Waals surface area contributed by atoms with Crippen molar-refractivity contribution in [3.05, 3.63) is 24.6 Å². The Kier molecular flexibility index (Phi) is 26.4. The Bertz CT molecular complexity index is 853. The minimum Gasteiger partial charge on any atom is -0.461 e. The molecular weight excluding hydrogens is 598 g/mol. The van der Waals surface area contributed by atoms with E-state index in [9.17, 15) is 14.4 Å². The second-order valence-electron chi connectivity index (χ2n) is 12.6. The third-order valence-corrected chi connectivity index (χ3v) is 9.32. The van der Waals surface area contributed by atoms with Crippen LogP contribution in [-0.4, -0.2) is 71.2 Å². The van der Waals surface area contributed by atoms with Gasteiger partial charge >= 0.3 is 11.9 Å². The van der Waals surface area contributed by atoms with E-state index in [0.717, 1.165) is 76.1 Å². The molecular formula is C37H67N3O5S. The molecule has 0 fully saturated rings. The number of amides is 1. The number of carbonyl (C=O) groups excluding carboxylic acids is 3. The predicted octanol–water partition coefficient (Wildman–Crippen LogP) is 9.35. The van der Waals surface area contributed by atoms with Gasteiger partial charge in [-0.2, -0.15) is 0 Å². The summed E-state index contributed by atoms with van der Waals surface area (Å²) in [5.41, 5.74) is 0. The minimum atomic E-state index is -0.515. The Morgan fingerprint density at radius 3 is 2.00 bits per heavy atom. The molecule has 0 bridgehead atoms. The molecule has 46 heavy (non-hydrogen) atoms. The number of thioether (sulfide) groups is 1. The van der Waals surface area contributed by atoms with E-state index in [-0.39, 0.29) is 37.2 Å². The molecule has 0 aromatic heterocycles. The maximum Gasteiger partial charge on any atom is 0.326 e. The second-order valence-corrected chi connectivity index (χ2v) is 13.6. The SMILES string of the molecule is CCCCCC/C=C\COC(=O)CN(CC(=O)OC(CCCCCCC)CCCCCCCC)C(=O)SCCCN1C=CNC1C. The van der Waals surface area contributed by atoms with Crippen molar-refractivity contribution in [1.82, 2.24) is 15.1 Å². The van der Waals surface area contributed by atoms with E-state index < -0.39 is 11.9 Å². The summed E-state index contributed by atoms with van der Waals surface area (Å²) in [6.45, 7) is 9.18. The molecule has 1 heterocycles. The molecule has 9 heteroatoms. The van der Waals surface area contributed by atoms with Crippen LogP contribution in [0.15, 0.2) is 24.6 Å². The molecule has 0 aromatic carbocycles. The number of ether oxygens (including phenoxy) is 2. The molecule has 266 valence electrons. The third kappa shape index (κ3) is 22.4. The number of nitrogens with one attached hydrogen (secondary N) is 1. The molecule has 1 N–H and O–H groups in total. The van der Waals surface area contributed by atoms with Crippen molar-refractivity contribution in [1.29, 1.82) is 0 Å². The van der Waals surface area contributed by atoms with Gasteiger partial charge in [-0.05, 0) is 51.9 Å². The largest absolute Gasteiger partial charge is 0.461 e. The molecule has 1 aliphatic heterocycles. The van der Waals surface area contributed by atoms with Crippen LogP contribution < -0.4 is 5.32 Å². The van der Waals surface area contributed by atoms with Gasteiger partial charge in [0, 0.05) is 24.7 Å². The number of hydrogen-bond donors (Lipinski definition) is 1. The van der Waals surface area contributed by atoms with Gasteiger partial charge in [-0.15, -0.1) is 0 Å². The maximum atomic E-state index is 13.3. The first kappa shape index (κ1) is 41.9. The second kappa shape index (κ2) is 29.0. The molecule has 1 aliphatic rings. The van der Waals surface area contributed by atoms with Crippen LogP contribution in [0, 0.1) is 0 Å². The summed E-state index contributed by atoms with van der Waals surface area (Å²) in [6, 6.07) is 0. The molecule has 0 aliphatic carbocycles. The van der Waals surface area contributed by atoms with E-state index in [0.29, 0.717) is 5.75 Å². The van der Waals surface area contributed by atoms with E-state index in [1.165, 1.54) is 69.1 Å². The van der Waals surface area contributed by atoms with Crippen LogP contribution in [0.4, 0.5) is 4.79 Å². The summed E-state index contributed by atoms with van der Waals surface area (Å²) < 4.78 is 11.4. The van der Waals surface area contributed by atoms with Crippen molar-refractivity contribution in [2.75, 3.05) is 32.0 Å². The summed E-state index contributed by atoms with van der Waals surface area (Å²) in [5, 5.41) is 2.94. The molecule has 2 unspecified atom stereocenters. The first-order valence-corrected chi connectivity index (χ1v) is 19.5. The Hall–Kier alpha value is -2.16. The lowest BCUT2D eigenvalue weighted by atomic mass is 10.0. The summed E-state index contributed by atoms with van der Waals surface area (Å²) >= 11 is 1.14. The van der Waals surface area contributed by atoms with Crippen molar-refractivity contribution < 1.29 is 23.9 Å². The van der Waals surface area contributed by atoms with Crippen LogP contribution in [0.2, 0.25) is 0 Å². The number of esters is 2. The molecule has 0 spiro atoms. The fourth-order valence-electron chi connectivity index (χ4n) is 5.44. The van der Waals surface area contributed by atoms with Crippen molar-refractivity contribution in [2.45, 2.75) is 162 Å². The lowest BCUT2D eigenvalue weighted by Gasteiger charge is -2.24. The Morgan fingerprint density at radius 1 is 0.804 bits per heavy atom. The predicted molar refractivity (Wildman–Crippen MR) is 193 cm³/mol. The standard InChI is InChI=1S/C37H67N3O5S/c1-5-8-11-14-16-19-22-29-44-35(41)31-40(37(43)46-30-23-27-39-28-26-38-33(39)4)32-36(42)45-34(24-20-17-13-10-7-3)25-21-18-15-12-9-6-2/h19,22,26,28,33-34,38H,5-18,20-21,23-25,27,29-32H2,1-4H3/b22-19-. The molecule has 0 saturated carbocycles. The van der Waals surface area contributed by atoms with E-state index in [4.69, 9.17) is 9.47 Å². The van der Waals surface area contributed by atoms with Crippen LogP contribution in [0.5, 0.6) is 0 Å². The number of unbranched alkanes of at least 4 members (excludes halogenated alkanes) is 13. The van der Waals surface area contributed by atoms with Crippen LogP contribution in [0.3, 0.4) is 0 Å². The molecule has 0 radical (unpaired) electrons. The van der Waals surface area contributed by atoms with Crippen molar-refractivity contribution >= 4 is 28.9 Å². The molecule has 8 nitrogen and oxygen atoms in total. The summed E-state index contributed by atoms with van der Waals surface area (Å²) in [5.74, 6) is -0.366. The van der Waals surface area contributed by atoms with Gasteiger partial charge in [0.25, 0.3) is 5.24 Å². The van der Waals surface area contributed by atoms with E-state index in [1.807, 2.05) is 24.6 Å². The summed E-state index contributed by atoms with van der Waals surface area (Å²) in [6.07, 6.45) is 29.1. The van der Waals surface area contributed by atoms with E-state index in [2.05, 4.69) is 37.9 Å². The maximum absolute atomic E-state index is 13.3. The molecule has 0 saturated heterocycles. The van der Waals surface area contributed by atoms with Crippen molar-refractivity contribution in [2.24, 2.45) is 0 Å². The number of allylic oxidation sites excluding steroid dienone is 1. The van der Waals surface area contributed by atoms with E-state index >= 15 is 0 Å². The average molecular weight is 666 g/mol. The van der Waals surface area contributed by atoms with Gasteiger partial charge < -0.3 is 24.6 Å². The normalized spacial score (nSPS) is 14.9. The quantitative estimate of drug-likeness (QED) is 0.0480. The Morgan fingerprint density at radius 2 is 1.39 bits per heavy atom. The van der Waals surface area contributed by atoms with Crippen molar-refractivity contribution in [3.63, 3.8) is 0 Å². The lowest BCUT2D eigenvalue weighted by Crippen LogP contribution is -2.39. The topological polar surface area (TPSA) is 88.2 Å². The molecule has 0 aromatic rings. The van der Waals surface area contributed by atoms with Crippen LogP contribution in [-0.2, 0) is 19.1 Å². The van der Waals surface area contributed by atoms with Crippen LogP contribution in [0.1, 0.15) is 150 Å². The minimum absolute atomic E-state index is 0.150. The van der Waals surface area contributed by atoms with Gasteiger partial charge in [0.15, 0.2) is 0 Å². The first-order chi connectivity index (χ1) is 22.4.